The first-order valence-corrected chi connectivity index (χ1v) is 5.15. The molecule has 1 nitrogen and oxygen atoms in total. The molecule has 2 rings (SSSR count). The summed E-state index contributed by atoms with van der Waals surface area (Å²) in [5, 5.41) is 0. The van der Waals surface area contributed by atoms with Gasteiger partial charge in [-0.1, -0.05) is 23.8 Å². The SMILES string of the molecule is Cc1ccc2c(c1)C(F)(CN)CCC2. The van der Waals surface area contributed by atoms with E-state index in [1.54, 1.807) is 0 Å². The number of benzene rings is 1. The minimum absolute atomic E-state index is 0.101. The number of nitrogens with two attached hydrogens (primary N) is 1. The Labute approximate surface area is 84.1 Å². The Morgan fingerprint density at radius 1 is 1.50 bits per heavy atom. The quantitative estimate of drug-likeness (QED) is 0.728. The first-order valence-electron chi connectivity index (χ1n) is 5.15. The van der Waals surface area contributed by atoms with E-state index >= 15 is 0 Å². The van der Waals surface area contributed by atoms with Gasteiger partial charge in [0.05, 0.1) is 0 Å². The maximum Gasteiger partial charge on any atom is 0.148 e. The summed E-state index contributed by atoms with van der Waals surface area (Å²) < 4.78 is 14.3. The van der Waals surface area contributed by atoms with Crippen LogP contribution in [0, 0.1) is 6.92 Å². The summed E-state index contributed by atoms with van der Waals surface area (Å²) >= 11 is 0. The Morgan fingerprint density at radius 3 is 3.00 bits per heavy atom. The van der Waals surface area contributed by atoms with Crippen LogP contribution in [0.1, 0.15) is 29.5 Å². The fraction of sp³-hybridized carbons (Fsp3) is 0.500. The van der Waals surface area contributed by atoms with Gasteiger partial charge in [-0.2, -0.15) is 0 Å². The van der Waals surface area contributed by atoms with Gasteiger partial charge >= 0.3 is 0 Å². The summed E-state index contributed by atoms with van der Waals surface area (Å²) in [4.78, 5) is 0. The van der Waals surface area contributed by atoms with E-state index in [0.29, 0.717) is 6.42 Å². The molecule has 1 aromatic carbocycles. The predicted molar refractivity (Wildman–Crippen MR) is 56.0 cm³/mol. The van der Waals surface area contributed by atoms with E-state index in [1.165, 1.54) is 0 Å². The van der Waals surface area contributed by atoms with Gasteiger partial charge in [0.15, 0.2) is 0 Å². The molecule has 2 heteroatoms. The number of fused-ring (bicyclic) bond motifs is 1. The number of hydrogen-bond acceptors (Lipinski definition) is 1. The maximum absolute atomic E-state index is 14.3. The van der Waals surface area contributed by atoms with Crippen molar-refractivity contribution in [1.82, 2.24) is 0 Å². The van der Waals surface area contributed by atoms with Gasteiger partial charge in [0.25, 0.3) is 0 Å². The molecule has 1 aliphatic carbocycles. The third-order valence-electron chi connectivity index (χ3n) is 3.09. The van der Waals surface area contributed by atoms with Crippen LogP contribution in [-0.4, -0.2) is 6.54 Å². The number of hydrogen-bond donors (Lipinski definition) is 1. The lowest BCUT2D eigenvalue weighted by Crippen LogP contribution is -2.34. The Kier molecular flexibility index (Phi) is 2.31. The van der Waals surface area contributed by atoms with Crippen molar-refractivity contribution in [3.63, 3.8) is 0 Å². The van der Waals surface area contributed by atoms with Crippen molar-refractivity contribution in [2.75, 3.05) is 6.54 Å². The minimum atomic E-state index is -1.28. The van der Waals surface area contributed by atoms with E-state index < -0.39 is 5.67 Å². The fourth-order valence-corrected chi connectivity index (χ4v) is 2.23. The number of rotatable bonds is 1. The molecule has 0 aromatic heterocycles. The largest absolute Gasteiger partial charge is 0.327 e. The Hall–Kier alpha value is -0.890. The molecule has 1 aliphatic rings. The maximum atomic E-state index is 14.3. The zero-order valence-electron chi connectivity index (χ0n) is 8.52. The molecule has 1 unspecified atom stereocenters. The zero-order chi connectivity index (χ0) is 10.2. The molecule has 0 saturated carbocycles. The van der Waals surface area contributed by atoms with Crippen LogP contribution in [0.25, 0.3) is 0 Å². The van der Waals surface area contributed by atoms with Crippen LogP contribution in [0.4, 0.5) is 4.39 Å². The Morgan fingerprint density at radius 2 is 2.29 bits per heavy atom. The highest BCUT2D eigenvalue weighted by atomic mass is 19.1. The van der Waals surface area contributed by atoms with Crippen molar-refractivity contribution in [3.8, 4) is 0 Å². The average Bonchev–Trinajstić information content (AvgIpc) is 2.20. The van der Waals surface area contributed by atoms with Crippen molar-refractivity contribution >= 4 is 0 Å². The average molecular weight is 193 g/mol. The first-order chi connectivity index (χ1) is 6.65. The Bertz CT molecular complexity index is 348. The van der Waals surface area contributed by atoms with Crippen molar-refractivity contribution in [1.29, 1.82) is 0 Å². The summed E-state index contributed by atoms with van der Waals surface area (Å²) in [6, 6.07) is 6.02. The van der Waals surface area contributed by atoms with Crippen molar-refractivity contribution < 1.29 is 4.39 Å². The van der Waals surface area contributed by atoms with Crippen LogP contribution in [0.5, 0.6) is 0 Å². The second-order valence-electron chi connectivity index (χ2n) is 4.18. The minimum Gasteiger partial charge on any atom is -0.327 e. The number of aryl methyl sites for hydroxylation is 2. The van der Waals surface area contributed by atoms with Crippen LogP contribution in [-0.2, 0) is 12.1 Å². The molecule has 1 aromatic rings. The summed E-state index contributed by atoms with van der Waals surface area (Å²) in [6.07, 6.45) is 2.46. The van der Waals surface area contributed by atoms with Gasteiger partial charge < -0.3 is 5.73 Å². The third-order valence-corrected chi connectivity index (χ3v) is 3.09. The van der Waals surface area contributed by atoms with Gasteiger partial charge in [-0.25, -0.2) is 4.39 Å². The molecule has 0 spiro atoms. The molecule has 76 valence electrons. The van der Waals surface area contributed by atoms with E-state index in [0.717, 1.165) is 29.5 Å². The van der Waals surface area contributed by atoms with Crippen molar-refractivity contribution in [2.24, 2.45) is 5.73 Å². The molecule has 0 saturated heterocycles. The van der Waals surface area contributed by atoms with Crippen LogP contribution in [0.2, 0.25) is 0 Å². The molecule has 14 heavy (non-hydrogen) atoms. The van der Waals surface area contributed by atoms with Gasteiger partial charge in [-0.05, 0) is 37.3 Å². The normalized spacial score (nSPS) is 25.9. The predicted octanol–water partition coefficient (Wildman–Crippen LogP) is 2.45. The van der Waals surface area contributed by atoms with Crippen LogP contribution in [0.15, 0.2) is 18.2 Å². The van der Waals surface area contributed by atoms with Crippen LogP contribution >= 0.6 is 0 Å². The molecular formula is C12H16FN. The molecule has 0 amide bonds. The van der Waals surface area contributed by atoms with Crippen molar-refractivity contribution in [3.05, 3.63) is 34.9 Å². The standard InChI is InChI=1S/C12H16FN/c1-9-4-5-10-3-2-6-12(13,8-14)11(10)7-9/h4-5,7H,2-3,6,8,14H2,1H3. The van der Waals surface area contributed by atoms with Gasteiger partial charge in [-0.3, -0.25) is 0 Å². The molecule has 0 bridgehead atoms. The van der Waals surface area contributed by atoms with Gasteiger partial charge in [0.2, 0.25) is 0 Å². The fourth-order valence-electron chi connectivity index (χ4n) is 2.23. The summed E-state index contributed by atoms with van der Waals surface area (Å²) in [7, 11) is 0. The van der Waals surface area contributed by atoms with E-state index in [2.05, 4.69) is 0 Å². The molecule has 0 aliphatic heterocycles. The second-order valence-corrected chi connectivity index (χ2v) is 4.18. The van der Waals surface area contributed by atoms with Crippen molar-refractivity contribution in [2.45, 2.75) is 31.9 Å². The topological polar surface area (TPSA) is 26.0 Å². The highest BCUT2D eigenvalue weighted by Crippen LogP contribution is 2.38. The molecular weight excluding hydrogens is 177 g/mol. The van der Waals surface area contributed by atoms with Gasteiger partial charge in [0.1, 0.15) is 5.67 Å². The second kappa shape index (κ2) is 3.35. The third kappa shape index (κ3) is 1.44. The van der Waals surface area contributed by atoms with Gasteiger partial charge in [-0.15, -0.1) is 0 Å². The number of alkyl halides is 1. The van der Waals surface area contributed by atoms with Crippen LogP contribution < -0.4 is 5.73 Å². The van der Waals surface area contributed by atoms with Gasteiger partial charge in [0, 0.05) is 6.54 Å². The van der Waals surface area contributed by atoms with E-state index in [1.807, 2.05) is 25.1 Å². The molecule has 0 radical (unpaired) electrons. The highest BCUT2D eigenvalue weighted by Gasteiger charge is 2.35. The summed E-state index contributed by atoms with van der Waals surface area (Å²) in [5.74, 6) is 0. The van der Waals surface area contributed by atoms with E-state index in [4.69, 9.17) is 5.73 Å². The van der Waals surface area contributed by atoms with Crippen LogP contribution in [0.3, 0.4) is 0 Å². The molecule has 1 atom stereocenters. The highest BCUT2D eigenvalue weighted by molar-refractivity contribution is 5.38. The van der Waals surface area contributed by atoms with E-state index in [-0.39, 0.29) is 6.54 Å². The smallest absolute Gasteiger partial charge is 0.148 e. The molecule has 0 fully saturated rings. The summed E-state index contributed by atoms with van der Waals surface area (Å²) in [6.45, 7) is 2.09. The lowest BCUT2D eigenvalue weighted by atomic mass is 9.80. The molecule has 0 heterocycles. The lowest BCUT2D eigenvalue weighted by Gasteiger charge is -2.31. The molecule has 2 N–H and O–H groups in total. The summed E-state index contributed by atoms with van der Waals surface area (Å²) in [5.41, 5.74) is 7.32. The monoisotopic (exact) mass is 193 g/mol. The number of halogens is 1. The first kappa shape index (κ1) is 9.66. The van der Waals surface area contributed by atoms with E-state index in [9.17, 15) is 4.39 Å². The lowest BCUT2D eigenvalue weighted by molar-refractivity contribution is 0.147. The Balaban J connectivity index is 2.52. The zero-order valence-corrected chi connectivity index (χ0v) is 8.52.